The topological polar surface area (TPSA) is 105 Å². The number of nitrogens with one attached hydrogen (secondary N) is 3. The van der Waals surface area contributed by atoms with Gasteiger partial charge in [-0.15, -0.1) is 0 Å². The summed E-state index contributed by atoms with van der Waals surface area (Å²) in [6, 6.07) is 15.4. The highest BCUT2D eigenvalue weighted by molar-refractivity contribution is 5.91. The van der Waals surface area contributed by atoms with Gasteiger partial charge in [-0.3, -0.25) is 9.89 Å². The van der Waals surface area contributed by atoms with Crippen LogP contribution in [0, 0.1) is 6.92 Å². The lowest BCUT2D eigenvalue weighted by molar-refractivity contribution is -0.139. The second kappa shape index (κ2) is 7.97. The summed E-state index contributed by atoms with van der Waals surface area (Å²) >= 11 is 0. The molecule has 8 heteroatoms. The number of para-hydroxylation sites is 1. The van der Waals surface area contributed by atoms with Crippen LogP contribution in [0.4, 0.5) is 23.3 Å². The van der Waals surface area contributed by atoms with Crippen LogP contribution in [-0.2, 0) is 16.0 Å². The van der Waals surface area contributed by atoms with Gasteiger partial charge in [0.1, 0.15) is 11.6 Å². The smallest absolute Gasteiger partial charge is 0.309 e. The molecule has 0 saturated carbocycles. The molecule has 2 aromatic carbocycles. The molecule has 0 bridgehead atoms. The van der Waals surface area contributed by atoms with Crippen molar-refractivity contribution < 1.29 is 9.53 Å². The molecule has 2 heterocycles. The Balaban J connectivity index is 1.64. The number of anilines is 4. The van der Waals surface area contributed by atoms with E-state index in [1.165, 1.54) is 7.11 Å². The summed E-state index contributed by atoms with van der Waals surface area (Å²) in [6.45, 7) is 1.95. The van der Waals surface area contributed by atoms with Gasteiger partial charge in [-0.2, -0.15) is 10.1 Å². The number of methoxy groups -OCH3 is 1. The van der Waals surface area contributed by atoms with Gasteiger partial charge in [-0.1, -0.05) is 18.2 Å². The quantitative estimate of drug-likeness (QED) is 0.431. The summed E-state index contributed by atoms with van der Waals surface area (Å²) in [5, 5.41) is 14.2. The largest absolute Gasteiger partial charge is 0.469 e. The first-order valence-corrected chi connectivity index (χ1v) is 9.09. The fourth-order valence-electron chi connectivity index (χ4n) is 3.01. The first kappa shape index (κ1) is 18.4. The summed E-state index contributed by atoms with van der Waals surface area (Å²) in [4.78, 5) is 20.8. The van der Waals surface area contributed by atoms with Crippen molar-refractivity contribution >= 4 is 40.1 Å². The van der Waals surface area contributed by atoms with E-state index in [2.05, 4.69) is 30.8 Å². The summed E-state index contributed by atoms with van der Waals surface area (Å²) in [6.07, 6.45) is 1.91. The summed E-state index contributed by atoms with van der Waals surface area (Å²) in [5.74, 6) is 1.61. The first-order chi connectivity index (χ1) is 14.1. The number of ether oxygens (including phenoxy) is 1. The van der Waals surface area contributed by atoms with Crippen LogP contribution < -0.4 is 10.6 Å². The Morgan fingerprint density at radius 2 is 1.97 bits per heavy atom. The van der Waals surface area contributed by atoms with Crippen LogP contribution in [0.15, 0.2) is 54.7 Å². The molecule has 0 unspecified atom stereocenters. The van der Waals surface area contributed by atoms with Gasteiger partial charge < -0.3 is 15.4 Å². The molecule has 0 fully saturated rings. The molecule has 0 saturated heterocycles. The zero-order valence-electron chi connectivity index (χ0n) is 16.1. The minimum Gasteiger partial charge on any atom is -0.469 e. The van der Waals surface area contributed by atoms with Crippen molar-refractivity contribution in [3.8, 4) is 0 Å². The zero-order valence-corrected chi connectivity index (χ0v) is 16.1. The van der Waals surface area contributed by atoms with Gasteiger partial charge in [0.25, 0.3) is 0 Å². The molecular formula is C21H20N6O2. The van der Waals surface area contributed by atoms with E-state index in [0.717, 1.165) is 33.5 Å². The average molecular weight is 388 g/mol. The molecule has 0 aliphatic heterocycles. The number of hydrogen-bond donors (Lipinski definition) is 3. The number of H-pyrrole nitrogens is 1. The summed E-state index contributed by atoms with van der Waals surface area (Å²) in [5.41, 5.74) is 3.55. The maximum Gasteiger partial charge on any atom is 0.309 e. The van der Waals surface area contributed by atoms with Gasteiger partial charge >= 0.3 is 5.97 Å². The third-order valence-corrected chi connectivity index (χ3v) is 4.52. The standard InChI is InChI=1S/C21H20N6O2/c1-13-11-15(8-7-14(13)12-19(28)29-2)23-21-24-17-6-4-3-5-16(17)20(26-21)25-18-9-10-22-27-18/h3-11H,12H2,1-2H3,(H3,22,23,24,25,26,27). The Morgan fingerprint density at radius 3 is 2.72 bits per heavy atom. The molecule has 0 spiro atoms. The molecule has 0 atom stereocenters. The number of hydrogen-bond acceptors (Lipinski definition) is 7. The highest BCUT2D eigenvalue weighted by Crippen LogP contribution is 2.26. The number of benzene rings is 2. The van der Waals surface area contributed by atoms with Crippen molar-refractivity contribution in [3.05, 3.63) is 65.9 Å². The molecule has 146 valence electrons. The first-order valence-electron chi connectivity index (χ1n) is 9.09. The van der Waals surface area contributed by atoms with Crippen molar-refractivity contribution in [1.29, 1.82) is 0 Å². The Morgan fingerprint density at radius 1 is 1.10 bits per heavy atom. The zero-order chi connectivity index (χ0) is 20.2. The normalized spacial score (nSPS) is 10.7. The van der Waals surface area contributed by atoms with E-state index in [-0.39, 0.29) is 12.4 Å². The third-order valence-electron chi connectivity index (χ3n) is 4.52. The number of esters is 1. The number of nitrogens with zero attached hydrogens (tertiary/aromatic N) is 3. The Bertz CT molecular complexity index is 1160. The molecule has 0 amide bonds. The molecule has 8 nitrogen and oxygen atoms in total. The molecule has 2 aromatic heterocycles. The van der Waals surface area contributed by atoms with E-state index in [1.807, 2.05) is 55.5 Å². The van der Waals surface area contributed by atoms with Crippen LogP contribution in [0.5, 0.6) is 0 Å². The van der Waals surface area contributed by atoms with Gasteiger partial charge in [-0.05, 0) is 42.3 Å². The van der Waals surface area contributed by atoms with Crippen LogP contribution in [0.2, 0.25) is 0 Å². The summed E-state index contributed by atoms with van der Waals surface area (Å²) < 4.78 is 4.74. The van der Waals surface area contributed by atoms with E-state index in [9.17, 15) is 4.79 Å². The maximum atomic E-state index is 11.5. The van der Waals surface area contributed by atoms with Crippen molar-refractivity contribution in [2.45, 2.75) is 13.3 Å². The van der Waals surface area contributed by atoms with E-state index in [1.54, 1.807) is 6.20 Å². The number of fused-ring (bicyclic) bond motifs is 1. The highest BCUT2D eigenvalue weighted by Gasteiger charge is 2.10. The fourth-order valence-corrected chi connectivity index (χ4v) is 3.01. The summed E-state index contributed by atoms with van der Waals surface area (Å²) in [7, 11) is 1.39. The average Bonchev–Trinajstić information content (AvgIpc) is 3.23. The van der Waals surface area contributed by atoms with Gasteiger partial charge in [-0.25, -0.2) is 4.98 Å². The molecule has 0 aliphatic rings. The predicted octanol–water partition coefficient (Wildman–Crippen LogP) is 3.86. The Kier molecular flexibility index (Phi) is 5.07. The third kappa shape index (κ3) is 4.16. The number of carbonyl (C=O) groups excluding carboxylic acids is 1. The lowest BCUT2D eigenvalue weighted by Crippen LogP contribution is -2.06. The van der Waals surface area contributed by atoms with Crippen molar-refractivity contribution in [3.63, 3.8) is 0 Å². The number of carbonyl (C=O) groups is 1. The lowest BCUT2D eigenvalue weighted by Gasteiger charge is -2.12. The van der Waals surface area contributed by atoms with Gasteiger partial charge in [0, 0.05) is 17.1 Å². The van der Waals surface area contributed by atoms with E-state index < -0.39 is 0 Å². The molecule has 0 radical (unpaired) electrons. The van der Waals surface area contributed by atoms with Crippen molar-refractivity contribution in [2.24, 2.45) is 0 Å². The molecule has 0 aliphatic carbocycles. The lowest BCUT2D eigenvalue weighted by atomic mass is 10.1. The van der Waals surface area contributed by atoms with Gasteiger partial charge in [0.15, 0.2) is 0 Å². The highest BCUT2D eigenvalue weighted by atomic mass is 16.5. The second-order valence-electron chi connectivity index (χ2n) is 6.53. The van der Waals surface area contributed by atoms with Crippen molar-refractivity contribution in [2.75, 3.05) is 17.7 Å². The predicted molar refractivity (Wildman–Crippen MR) is 112 cm³/mol. The van der Waals surface area contributed by atoms with Crippen LogP contribution in [0.25, 0.3) is 10.9 Å². The Hall–Kier alpha value is -3.94. The number of rotatable bonds is 6. The second-order valence-corrected chi connectivity index (χ2v) is 6.53. The van der Waals surface area contributed by atoms with Gasteiger partial charge in [0.05, 0.1) is 25.2 Å². The minimum atomic E-state index is -0.263. The van der Waals surface area contributed by atoms with Crippen LogP contribution in [0.1, 0.15) is 11.1 Å². The van der Waals surface area contributed by atoms with Crippen molar-refractivity contribution in [1.82, 2.24) is 20.2 Å². The van der Waals surface area contributed by atoms with Gasteiger partial charge in [0.2, 0.25) is 5.95 Å². The van der Waals surface area contributed by atoms with Crippen LogP contribution in [0.3, 0.4) is 0 Å². The van der Waals surface area contributed by atoms with Crippen LogP contribution in [-0.4, -0.2) is 33.2 Å². The van der Waals surface area contributed by atoms with E-state index in [4.69, 9.17) is 4.74 Å². The number of aromatic amines is 1. The maximum absolute atomic E-state index is 11.5. The molecule has 3 N–H and O–H groups in total. The van der Waals surface area contributed by atoms with Crippen LogP contribution >= 0.6 is 0 Å². The molecule has 4 rings (SSSR count). The Labute approximate surface area is 167 Å². The molecule has 4 aromatic rings. The monoisotopic (exact) mass is 388 g/mol. The fraction of sp³-hybridized carbons (Fsp3) is 0.143. The number of aromatic nitrogens is 4. The molecule has 29 heavy (non-hydrogen) atoms. The molecular weight excluding hydrogens is 368 g/mol. The van der Waals surface area contributed by atoms with E-state index in [0.29, 0.717) is 11.8 Å². The SMILES string of the molecule is COC(=O)Cc1ccc(Nc2nc(Nc3ccn[nH]3)c3ccccc3n2)cc1C. The number of aryl methyl sites for hydroxylation is 1. The minimum absolute atomic E-state index is 0.243. The van der Waals surface area contributed by atoms with E-state index >= 15 is 0 Å².